The van der Waals surface area contributed by atoms with Gasteiger partial charge in [0.25, 0.3) is 0 Å². The molecule has 0 unspecified atom stereocenters. The first-order valence-corrected chi connectivity index (χ1v) is 6.00. The lowest BCUT2D eigenvalue weighted by Gasteiger charge is -2.07. The zero-order valence-electron chi connectivity index (χ0n) is 10.2. The van der Waals surface area contributed by atoms with E-state index < -0.39 is 0 Å². The second-order valence-corrected chi connectivity index (χ2v) is 4.29. The average Bonchev–Trinajstić information content (AvgIpc) is 2.46. The summed E-state index contributed by atoms with van der Waals surface area (Å²) >= 11 is 0. The number of nitrogens with two attached hydrogens (primary N) is 1. The number of rotatable bonds is 2. The number of hydrogen-bond acceptors (Lipinski definition) is 3. The van der Waals surface area contributed by atoms with Crippen molar-refractivity contribution in [1.29, 1.82) is 0 Å². The van der Waals surface area contributed by atoms with E-state index in [0.29, 0.717) is 11.1 Å². The van der Waals surface area contributed by atoms with E-state index in [0.717, 1.165) is 10.8 Å². The molecule has 3 rings (SSSR count). The summed E-state index contributed by atoms with van der Waals surface area (Å²) in [5.41, 5.74) is 6.87. The summed E-state index contributed by atoms with van der Waals surface area (Å²) < 4.78 is 0. The van der Waals surface area contributed by atoms with E-state index in [4.69, 9.17) is 5.73 Å². The Morgan fingerprint density at radius 2 is 1.63 bits per heavy atom. The Kier molecular flexibility index (Phi) is 2.72. The summed E-state index contributed by atoms with van der Waals surface area (Å²) in [6.45, 7) is 0. The van der Waals surface area contributed by atoms with Gasteiger partial charge in [0, 0.05) is 11.8 Å². The van der Waals surface area contributed by atoms with Crippen LogP contribution in [-0.4, -0.2) is 10.8 Å². The second-order valence-electron chi connectivity index (χ2n) is 4.29. The van der Waals surface area contributed by atoms with Gasteiger partial charge in [0.2, 0.25) is 0 Å². The molecule has 19 heavy (non-hydrogen) atoms. The van der Waals surface area contributed by atoms with Crippen molar-refractivity contribution in [2.45, 2.75) is 0 Å². The number of benzene rings is 2. The molecule has 0 atom stereocenters. The van der Waals surface area contributed by atoms with Crippen LogP contribution in [0.25, 0.3) is 10.8 Å². The Labute approximate surface area is 110 Å². The third-order valence-corrected chi connectivity index (χ3v) is 3.12. The van der Waals surface area contributed by atoms with Crippen molar-refractivity contribution in [1.82, 2.24) is 4.98 Å². The Morgan fingerprint density at radius 3 is 2.47 bits per heavy atom. The van der Waals surface area contributed by atoms with Crippen LogP contribution in [-0.2, 0) is 0 Å². The highest BCUT2D eigenvalue weighted by atomic mass is 16.1. The Balaban J connectivity index is 2.20. The maximum Gasteiger partial charge on any atom is 0.197 e. The van der Waals surface area contributed by atoms with Crippen molar-refractivity contribution >= 4 is 22.4 Å². The topological polar surface area (TPSA) is 56.0 Å². The van der Waals surface area contributed by atoms with Crippen LogP contribution in [0, 0.1) is 0 Å². The van der Waals surface area contributed by atoms with E-state index in [1.807, 2.05) is 42.5 Å². The lowest BCUT2D eigenvalue weighted by molar-refractivity contribution is 0.104. The average molecular weight is 248 g/mol. The smallest absolute Gasteiger partial charge is 0.197 e. The number of nitrogen functional groups attached to an aromatic ring is 1. The fourth-order valence-corrected chi connectivity index (χ4v) is 2.18. The molecule has 0 bridgehead atoms. The van der Waals surface area contributed by atoms with Gasteiger partial charge in [-0.05, 0) is 22.9 Å². The molecule has 2 N–H and O–H groups in total. The van der Waals surface area contributed by atoms with Gasteiger partial charge in [-0.15, -0.1) is 0 Å². The fourth-order valence-electron chi connectivity index (χ4n) is 2.18. The SMILES string of the molecule is Nc1ncccc1C(=O)c1cccc2ccccc12. The highest BCUT2D eigenvalue weighted by Gasteiger charge is 2.14. The van der Waals surface area contributed by atoms with Crippen molar-refractivity contribution in [2.24, 2.45) is 0 Å². The summed E-state index contributed by atoms with van der Waals surface area (Å²) in [4.78, 5) is 16.5. The number of ketones is 1. The van der Waals surface area contributed by atoms with Crippen LogP contribution in [0.15, 0.2) is 60.8 Å². The van der Waals surface area contributed by atoms with Gasteiger partial charge in [-0.2, -0.15) is 0 Å². The number of hydrogen-bond donors (Lipinski definition) is 1. The molecular weight excluding hydrogens is 236 g/mol. The molecule has 1 heterocycles. The molecule has 0 fully saturated rings. The number of nitrogens with zero attached hydrogens (tertiary/aromatic N) is 1. The summed E-state index contributed by atoms with van der Waals surface area (Å²) in [6, 6.07) is 16.9. The zero-order valence-corrected chi connectivity index (χ0v) is 10.2. The van der Waals surface area contributed by atoms with Crippen LogP contribution in [0.1, 0.15) is 15.9 Å². The number of fused-ring (bicyclic) bond motifs is 1. The summed E-state index contributed by atoms with van der Waals surface area (Å²) in [5.74, 6) is 0.169. The maximum atomic E-state index is 12.6. The highest BCUT2D eigenvalue weighted by molar-refractivity contribution is 6.18. The van der Waals surface area contributed by atoms with Crippen molar-refractivity contribution in [3.63, 3.8) is 0 Å². The quantitative estimate of drug-likeness (QED) is 0.709. The number of carbonyl (C=O) groups excluding carboxylic acids is 1. The molecule has 0 aliphatic rings. The molecule has 0 aliphatic heterocycles. The molecule has 0 saturated heterocycles. The summed E-state index contributed by atoms with van der Waals surface area (Å²) in [7, 11) is 0. The minimum Gasteiger partial charge on any atom is -0.383 e. The molecule has 0 amide bonds. The van der Waals surface area contributed by atoms with Crippen molar-refractivity contribution in [3.05, 3.63) is 71.9 Å². The van der Waals surface area contributed by atoms with Gasteiger partial charge < -0.3 is 5.73 Å². The predicted molar refractivity (Wildman–Crippen MR) is 76.0 cm³/mol. The minimum absolute atomic E-state index is 0.0950. The first kappa shape index (κ1) is 11.4. The molecule has 0 aliphatic carbocycles. The van der Waals surface area contributed by atoms with Gasteiger partial charge in [-0.1, -0.05) is 42.5 Å². The number of carbonyl (C=O) groups is 1. The third-order valence-electron chi connectivity index (χ3n) is 3.12. The molecule has 0 spiro atoms. The molecule has 2 aromatic carbocycles. The van der Waals surface area contributed by atoms with E-state index in [-0.39, 0.29) is 11.6 Å². The van der Waals surface area contributed by atoms with Crippen LogP contribution in [0.4, 0.5) is 5.82 Å². The largest absolute Gasteiger partial charge is 0.383 e. The van der Waals surface area contributed by atoms with Gasteiger partial charge in [-0.3, -0.25) is 4.79 Å². The van der Waals surface area contributed by atoms with E-state index >= 15 is 0 Å². The lowest BCUT2D eigenvalue weighted by Crippen LogP contribution is -2.07. The molecule has 0 radical (unpaired) electrons. The number of anilines is 1. The lowest BCUT2D eigenvalue weighted by atomic mass is 9.98. The molecular formula is C16H12N2O. The number of pyridine rings is 1. The normalized spacial score (nSPS) is 10.5. The van der Waals surface area contributed by atoms with Crippen molar-refractivity contribution in [3.8, 4) is 0 Å². The zero-order chi connectivity index (χ0) is 13.2. The van der Waals surface area contributed by atoms with Gasteiger partial charge in [-0.25, -0.2) is 4.98 Å². The van der Waals surface area contributed by atoms with Crippen LogP contribution in [0.2, 0.25) is 0 Å². The van der Waals surface area contributed by atoms with Gasteiger partial charge >= 0.3 is 0 Å². The Bertz CT molecular complexity index is 760. The Hall–Kier alpha value is -2.68. The predicted octanol–water partition coefficient (Wildman–Crippen LogP) is 3.05. The maximum absolute atomic E-state index is 12.6. The van der Waals surface area contributed by atoms with Gasteiger partial charge in [0.1, 0.15) is 5.82 Å². The van der Waals surface area contributed by atoms with E-state index in [9.17, 15) is 4.79 Å². The molecule has 0 saturated carbocycles. The molecule has 92 valence electrons. The molecule has 3 nitrogen and oxygen atoms in total. The fraction of sp³-hybridized carbons (Fsp3) is 0. The first-order chi connectivity index (χ1) is 9.27. The van der Waals surface area contributed by atoms with Gasteiger partial charge in [0.05, 0.1) is 5.56 Å². The van der Waals surface area contributed by atoms with E-state index in [1.165, 1.54) is 0 Å². The summed E-state index contributed by atoms with van der Waals surface area (Å²) in [5, 5.41) is 1.97. The highest BCUT2D eigenvalue weighted by Crippen LogP contribution is 2.22. The molecule has 1 aromatic heterocycles. The molecule has 3 aromatic rings. The van der Waals surface area contributed by atoms with Crippen LogP contribution in [0.3, 0.4) is 0 Å². The standard InChI is InChI=1S/C16H12N2O/c17-16-14(9-4-10-18-16)15(19)13-8-3-6-11-5-1-2-7-12(11)13/h1-10H,(H2,17,18). The minimum atomic E-state index is -0.0950. The van der Waals surface area contributed by atoms with Crippen LogP contribution >= 0.6 is 0 Å². The third kappa shape index (κ3) is 1.95. The first-order valence-electron chi connectivity index (χ1n) is 6.00. The van der Waals surface area contributed by atoms with Crippen molar-refractivity contribution < 1.29 is 4.79 Å². The second kappa shape index (κ2) is 4.53. The van der Waals surface area contributed by atoms with E-state index in [1.54, 1.807) is 18.3 Å². The van der Waals surface area contributed by atoms with Crippen LogP contribution in [0.5, 0.6) is 0 Å². The Morgan fingerprint density at radius 1 is 0.895 bits per heavy atom. The number of aromatic nitrogens is 1. The molecule has 3 heteroatoms. The summed E-state index contributed by atoms with van der Waals surface area (Å²) in [6.07, 6.45) is 1.58. The monoisotopic (exact) mass is 248 g/mol. The van der Waals surface area contributed by atoms with Crippen LogP contribution < -0.4 is 5.73 Å². The van der Waals surface area contributed by atoms with Gasteiger partial charge in [0.15, 0.2) is 5.78 Å². The van der Waals surface area contributed by atoms with Crippen molar-refractivity contribution in [2.75, 3.05) is 5.73 Å². The van der Waals surface area contributed by atoms with E-state index in [2.05, 4.69) is 4.98 Å².